The molecule has 55 heavy (non-hydrogen) atoms. The number of hydrogen-bond acceptors (Lipinski definition) is 3. The smallest absolute Gasteiger partial charge is 0.0462 e. The largest absolute Gasteiger partial charge is 0.311 e. The van der Waals surface area contributed by atoms with Crippen molar-refractivity contribution in [2.45, 2.75) is 53.9 Å². The van der Waals surface area contributed by atoms with E-state index in [1.807, 2.05) is 22.7 Å². The van der Waals surface area contributed by atoms with E-state index in [2.05, 4.69) is 204 Å². The van der Waals surface area contributed by atoms with Gasteiger partial charge in [-0.3, -0.25) is 0 Å². The Morgan fingerprint density at radius 3 is 1.22 bits per heavy atom. The average Bonchev–Trinajstić information content (AvgIpc) is 3.65. The number of rotatable bonds is 10. The highest BCUT2D eigenvalue weighted by Crippen LogP contribution is 2.40. The molecule has 0 N–H and O–H groups in total. The Labute approximate surface area is 335 Å². The molecule has 2 heterocycles. The summed E-state index contributed by atoms with van der Waals surface area (Å²) in [6.07, 6.45) is 0.939. The first-order valence-electron chi connectivity index (χ1n) is 19.2. The van der Waals surface area contributed by atoms with Crippen LogP contribution in [0.3, 0.4) is 0 Å². The van der Waals surface area contributed by atoms with Crippen LogP contribution < -0.4 is 4.90 Å². The second-order valence-corrected chi connectivity index (χ2v) is 17.2. The quantitative estimate of drug-likeness (QED) is 0.135. The molecule has 0 aliphatic rings. The molecule has 8 aromatic rings. The van der Waals surface area contributed by atoms with Gasteiger partial charge in [0.1, 0.15) is 0 Å². The summed E-state index contributed by atoms with van der Waals surface area (Å²) in [5.41, 5.74) is 18.1. The van der Waals surface area contributed by atoms with Gasteiger partial charge in [0.05, 0.1) is 0 Å². The number of benzene rings is 6. The summed E-state index contributed by atoms with van der Waals surface area (Å²) in [5, 5.41) is 0. The first kappa shape index (κ1) is 36.5. The number of thiophene rings is 2. The molecule has 6 aromatic carbocycles. The average molecular weight is 750 g/mol. The molecule has 0 aliphatic carbocycles. The maximum atomic E-state index is 2.34. The van der Waals surface area contributed by atoms with Gasteiger partial charge in [0, 0.05) is 42.5 Å². The van der Waals surface area contributed by atoms with Gasteiger partial charge in [-0.1, -0.05) is 121 Å². The molecule has 1 nitrogen and oxygen atoms in total. The van der Waals surface area contributed by atoms with E-state index in [1.54, 1.807) is 0 Å². The SMILES string of the molecule is Cc1sc(-c2ccc(C(Cc3ccc(-c4ccc(N(c5ccccc5)c5ccc(-c6sc(C)c(C)c6C)cc5)cc4)cc3)c3ccccc3)cc2)c(C)c1C. The van der Waals surface area contributed by atoms with Crippen molar-refractivity contribution >= 4 is 39.7 Å². The second-order valence-electron chi connectivity index (χ2n) is 14.7. The topological polar surface area (TPSA) is 3.24 Å². The highest BCUT2D eigenvalue weighted by atomic mass is 32.1. The summed E-state index contributed by atoms with van der Waals surface area (Å²) < 4.78 is 0. The molecule has 0 bridgehead atoms. The van der Waals surface area contributed by atoms with Crippen molar-refractivity contribution in [2.75, 3.05) is 4.90 Å². The van der Waals surface area contributed by atoms with Crippen LogP contribution in [0.4, 0.5) is 17.1 Å². The minimum absolute atomic E-state index is 0.272. The van der Waals surface area contributed by atoms with Crippen molar-refractivity contribution in [3.63, 3.8) is 0 Å². The Bertz CT molecular complexity index is 2520. The second kappa shape index (κ2) is 15.7. The van der Waals surface area contributed by atoms with Crippen LogP contribution in [-0.4, -0.2) is 0 Å². The monoisotopic (exact) mass is 749 g/mol. The van der Waals surface area contributed by atoms with E-state index in [1.165, 1.54) is 80.7 Å². The first-order chi connectivity index (χ1) is 26.7. The molecular formula is C52H47NS2. The van der Waals surface area contributed by atoms with Gasteiger partial charge in [-0.15, -0.1) is 22.7 Å². The van der Waals surface area contributed by atoms with Crippen LogP contribution in [0.2, 0.25) is 0 Å². The summed E-state index contributed by atoms with van der Waals surface area (Å²) >= 11 is 3.79. The van der Waals surface area contributed by atoms with Crippen molar-refractivity contribution in [2.24, 2.45) is 0 Å². The van der Waals surface area contributed by atoms with Gasteiger partial charge in [-0.2, -0.15) is 0 Å². The molecule has 1 atom stereocenters. The predicted molar refractivity (Wildman–Crippen MR) is 240 cm³/mol. The third kappa shape index (κ3) is 7.48. The summed E-state index contributed by atoms with van der Waals surface area (Å²) in [4.78, 5) is 7.89. The third-order valence-corrected chi connectivity index (χ3v) is 14.1. The third-order valence-electron chi connectivity index (χ3n) is 11.4. The highest BCUT2D eigenvalue weighted by molar-refractivity contribution is 7.16. The van der Waals surface area contributed by atoms with Crippen LogP contribution >= 0.6 is 22.7 Å². The van der Waals surface area contributed by atoms with Crippen molar-refractivity contribution in [3.05, 3.63) is 206 Å². The summed E-state index contributed by atoms with van der Waals surface area (Å²) in [7, 11) is 0. The lowest BCUT2D eigenvalue weighted by molar-refractivity contribution is 0.805. The molecule has 0 amide bonds. The lowest BCUT2D eigenvalue weighted by atomic mass is 9.85. The molecule has 2 aromatic heterocycles. The number of para-hydroxylation sites is 1. The van der Waals surface area contributed by atoms with Gasteiger partial charge >= 0.3 is 0 Å². The number of anilines is 3. The zero-order valence-electron chi connectivity index (χ0n) is 32.6. The first-order valence-corrected chi connectivity index (χ1v) is 20.8. The van der Waals surface area contributed by atoms with Crippen LogP contribution in [-0.2, 0) is 6.42 Å². The van der Waals surface area contributed by atoms with E-state index in [9.17, 15) is 0 Å². The zero-order valence-corrected chi connectivity index (χ0v) is 34.2. The molecule has 0 fully saturated rings. The Hall–Kier alpha value is -5.48. The van der Waals surface area contributed by atoms with Crippen LogP contribution in [0.1, 0.15) is 54.6 Å². The summed E-state index contributed by atoms with van der Waals surface area (Å²) in [6.45, 7) is 13.4. The van der Waals surface area contributed by atoms with E-state index < -0.39 is 0 Å². The molecule has 1 unspecified atom stereocenters. The Kier molecular flexibility index (Phi) is 10.4. The van der Waals surface area contributed by atoms with Crippen LogP contribution in [0.5, 0.6) is 0 Å². The highest BCUT2D eigenvalue weighted by Gasteiger charge is 2.18. The maximum Gasteiger partial charge on any atom is 0.0462 e. The minimum atomic E-state index is 0.272. The van der Waals surface area contributed by atoms with Crippen molar-refractivity contribution in [3.8, 4) is 32.0 Å². The fourth-order valence-electron chi connectivity index (χ4n) is 7.67. The van der Waals surface area contributed by atoms with E-state index in [0.29, 0.717) is 0 Å². The predicted octanol–water partition coefficient (Wildman–Crippen LogP) is 15.5. The zero-order chi connectivity index (χ0) is 38.1. The molecule has 0 spiro atoms. The summed E-state index contributed by atoms with van der Waals surface area (Å²) in [5.74, 6) is 0.272. The van der Waals surface area contributed by atoms with Crippen LogP contribution in [0.15, 0.2) is 158 Å². The van der Waals surface area contributed by atoms with Crippen LogP contribution in [0.25, 0.3) is 32.0 Å². The maximum absolute atomic E-state index is 2.34. The lowest BCUT2D eigenvalue weighted by Gasteiger charge is -2.26. The standard InChI is InChI=1S/C52H47NS2/c1-34-36(3)51(54-38(34)5)45-23-21-44(22-24-45)50(43-13-9-7-10-14-43)33-40-17-19-41(20-18-40)42-25-29-48(30-26-42)53(47-15-11-8-12-16-47)49-31-27-46(28-32-49)52-37(4)35(2)39(6)55-52/h7-32,50H,33H2,1-6H3. The van der Waals surface area contributed by atoms with Gasteiger partial charge < -0.3 is 4.90 Å². The van der Waals surface area contributed by atoms with Gasteiger partial charge in [-0.05, 0) is 146 Å². The molecule has 0 saturated carbocycles. The van der Waals surface area contributed by atoms with E-state index in [0.717, 1.165) is 23.5 Å². The van der Waals surface area contributed by atoms with Gasteiger partial charge in [0.2, 0.25) is 0 Å². The Balaban J connectivity index is 1.03. The molecular weight excluding hydrogens is 703 g/mol. The van der Waals surface area contributed by atoms with E-state index >= 15 is 0 Å². The Morgan fingerprint density at radius 1 is 0.382 bits per heavy atom. The van der Waals surface area contributed by atoms with Crippen molar-refractivity contribution in [1.29, 1.82) is 0 Å². The molecule has 0 saturated heterocycles. The molecule has 0 aliphatic heterocycles. The number of hydrogen-bond donors (Lipinski definition) is 0. The fraction of sp³-hybridized carbons (Fsp3) is 0.154. The Morgan fingerprint density at radius 2 is 0.764 bits per heavy atom. The van der Waals surface area contributed by atoms with Gasteiger partial charge in [-0.25, -0.2) is 0 Å². The van der Waals surface area contributed by atoms with Crippen molar-refractivity contribution < 1.29 is 0 Å². The minimum Gasteiger partial charge on any atom is -0.311 e. The molecule has 8 rings (SSSR count). The van der Waals surface area contributed by atoms with Gasteiger partial charge in [0.15, 0.2) is 0 Å². The fourth-order valence-corrected chi connectivity index (χ4v) is 10.0. The molecule has 272 valence electrons. The van der Waals surface area contributed by atoms with E-state index in [-0.39, 0.29) is 5.92 Å². The summed E-state index contributed by atoms with van der Waals surface area (Å²) in [6, 6.07) is 58.1. The van der Waals surface area contributed by atoms with Crippen LogP contribution in [0, 0.1) is 41.5 Å². The normalized spacial score (nSPS) is 11.8. The molecule has 0 radical (unpaired) electrons. The number of aryl methyl sites for hydroxylation is 2. The van der Waals surface area contributed by atoms with E-state index in [4.69, 9.17) is 0 Å². The van der Waals surface area contributed by atoms with Gasteiger partial charge in [0.25, 0.3) is 0 Å². The number of nitrogens with zero attached hydrogens (tertiary/aromatic N) is 1. The van der Waals surface area contributed by atoms with Crippen molar-refractivity contribution in [1.82, 2.24) is 0 Å². The lowest BCUT2D eigenvalue weighted by Crippen LogP contribution is -2.09. The molecule has 3 heteroatoms.